The van der Waals surface area contributed by atoms with Gasteiger partial charge < -0.3 is 16.0 Å². The Morgan fingerprint density at radius 1 is 1.30 bits per heavy atom. The molecule has 0 unspecified atom stereocenters. The summed E-state index contributed by atoms with van der Waals surface area (Å²) in [5.74, 6) is -0.296. The lowest BCUT2D eigenvalue weighted by Gasteiger charge is -2.18. The van der Waals surface area contributed by atoms with Crippen LogP contribution in [-0.2, 0) is 0 Å². The molecule has 0 radical (unpaired) electrons. The lowest BCUT2D eigenvalue weighted by molar-refractivity contribution is 0.0940. The second-order valence-electron chi connectivity index (χ2n) is 6.11. The van der Waals surface area contributed by atoms with Crippen molar-refractivity contribution in [2.75, 3.05) is 6.54 Å². The van der Waals surface area contributed by atoms with E-state index in [1.165, 1.54) is 6.20 Å². The van der Waals surface area contributed by atoms with Gasteiger partial charge >= 0.3 is 0 Å². The van der Waals surface area contributed by atoms with E-state index in [9.17, 15) is 4.79 Å². The maximum Gasteiger partial charge on any atom is 0.271 e. The van der Waals surface area contributed by atoms with Crippen molar-refractivity contribution < 1.29 is 4.79 Å². The third-order valence-electron chi connectivity index (χ3n) is 3.27. The average Bonchev–Trinajstić information content (AvgIpc) is 2.96. The number of nitrogens with one attached hydrogen (secondary N) is 2. The van der Waals surface area contributed by atoms with Crippen LogP contribution in [0.15, 0.2) is 36.9 Å². The quantitative estimate of drug-likeness (QED) is 0.676. The number of H-pyrrole nitrogens is 1. The number of pyridine rings is 1. The summed E-state index contributed by atoms with van der Waals surface area (Å²) in [6.07, 6.45) is 6.52. The van der Waals surface area contributed by atoms with E-state index in [2.05, 4.69) is 25.3 Å². The number of rotatable bonds is 4. The van der Waals surface area contributed by atoms with Crippen molar-refractivity contribution in [2.45, 2.75) is 19.4 Å². The van der Waals surface area contributed by atoms with E-state index in [0.717, 1.165) is 16.6 Å². The largest absolute Gasteiger partial charge is 0.352 e. The number of aromatic amines is 1. The summed E-state index contributed by atoms with van der Waals surface area (Å²) in [4.78, 5) is 27.9. The van der Waals surface area contributed by atoms with Gasteiger partial charge in [-0.05, 0) is 26.0 Å². The number of nitrogens with zero attached hydrogens (tertiary/aromatic N) is 3. The molecule has 0 bridgehead atoms. The number of fused-ring (bicyclic) bond motifs is 1. The fourth-order valence-corrected chi connectivity index (χ4v) is 2.11. The Balaban J connectivity index is 1.86. The van der Waals surface area contributed by atoms with Crippen LogP contribution >= 0.6 is 0 Å². The molecule has 0 aliphatic rings. The van der Waals surface area contributed by atoms with Crippen LogP contribution in [-0.4, -0.2) is 37.9 Å². The van der Waals surface area contributed by atoms with Crippen LogP contribution in [0.4, 0.5) is 0 Å². The van der Waals surface area contributed by atoms with Gasteiger partial charge in [-0.3, -0.25) is 14.8 Å². The molecule has 0 fully saturated rings. The van der Waals surface area contributed by atoms with Gasteiger partial charge in [0.1, 0.15) is 11.4 Å². The van der Waals surface area contributed by atoms with Crippen LogP contribution in [0.2, 0.25) is 0 Å². The molecular formula is C16H18N6O. The van der Waals surface area contributed by atoms with Crippen molar-refractivity contribution in [3.8, 4) is 11.4 Å². The molecule has 3 rings (SSSR count). The van der Waals surface area contributed by atoms with E-state index in [4.69, 9.17) is 5.73 Å². The molecule has 0 saturated carbocycles. The Bertz CT molecular complexity index is 816. The molecule has 23 heavy (non-hydrogen) atoms. The minimum absolute atomic E-state index is 0.253. The predicted octanol–water partition coefficient (Wildman–Crippen LogP) is 1.49. The van der Waals surface area contributed by atoms with Gasteiger partial charge in [0.2, 0.25) is 0 Å². The lowest BCUT2D eigenvalue weighted by atomic mass is 10.1. The van der Waals surface area contributed by atoms with E-state index in [-0.39, 0.29) is 11.6 Å². The van der Waals surface area contributed by atoms with Gasteiger partial charge in [0.15, 0.2) is 0 Å². The fraction of sp³-hybridized carbons (Fsp3) is 0.250. The second kappa shape index (κ2) is 5.77. The predicted molar refractivity (Wildman–Crippen MR) is 87.7 cm³/mol. The zero-order valence-electron chi connectivity index (χ0n) is 13.0. The summed E-state index contributed by atoms with van der Waals surface area (Å²) >= 11 is 0. The molecule has 3 aromatic rings. The molecule has 0 aliphatic heterocycles. The first-order chi connectivity index (χ1) is 10.9. The number of nitrogens with two attached hydrogens (primary N) is 1. The third kappa shape index (κ3) is 3.51. The van der Waals surface area contributed by atoms with Crippen LogP contribution in [0.3, 0.4) is 0 Å². The van der Waals surface area contributed by atoms with Gasteiger partial charge in [-0.15, -0.1) is 0 Å². The van der Waals surface area contributed by atoms with E-state index < -0.39 is 5.54 Å². The highest BCUT2D eigenvalue weighted by Gasteiger charge is 2.15. The molecule has 0 aromatic carbocycles. The number of hydrogen-bond donors (Lipinski definition) is 3. The van der Waals surface area contributed by atoms with Crippen molar-refractivity contribution in [1.82, 2.24) is 25.3 Å². The fourth-order valence-electron chi connectivity index (χ4n) is 2.11. The molecule has 0 atom stereocenters. The molecule has 4 N–H and O–H groups in total. The maximum absolute atomic E-state index is 12.2. The van der Waals surface area contributed by atoms with Crippen molar-refractivity contribution in [2.24, 2.45) is 5.73 Å². The van der Waals surface area contributed by atoms with Crippen LogP contribution in [0.5, 0.6) is 0 Å². The summed E-state index contributed by atoms with van der Waals surface area (Å²) in [7, 11) is 0. The summed E-state index contributed by atoms with van der Waals surface area (Å²) < 4.78 is 0. The normalized spacial score (nSPS) is 11.6. The van der Waals surface area contributed by atoms with Crippen LogP contribution in [0, 0.1) is 0 Å². The van der Waals surface area contributed by atoms with E-state index in [1.807, 2.05) is 26.0 Å². The van der Waals surface area contributed by atoms with Crippen molar-refractivity contribution in [1.29, 1.82) is 0 Å². The van der Waals surface area contributed by atoms with Crippen molar-refractivity contribution >= 4 is 16.8 Å². The Morgan fingerprint density at radius 3 is 2.87 bits per heavy atom. The summed E-state index contributed by atoms with van der Waals surface area (Å²) in [5, 5.41) is 3.78. The average molecular weight is 310 g/mol. The zero-order valence-corrected chi connectivity index (χ0v) is 13.0. The number of aromatic nitrogens is 4. The third-order valence-corrected chi connectivity index (χ3v) is 3.27. The molecule has 0 saturated heterocycles. The minimum Gasteiger partial charge on any atom is -0.352 e. The molecule has 118 valence electrons. The number of carbonyl (C=O) groups excluding carboxylic acids is 1. The number of amides is 1. The Hall–Kier alpha value is -2.80. The molecule has 0 spiro atoms. The topological polar surface area (TPSA) is 110 Å². The van der Waals surface area contributed by atoms with Gasteiger partial charge in [-0.1, -0.05) is 0 Å². The summed E-state index contributed by atoms with van der Waals surface area (Å²) in [6, 6.07) is 3.86. The highest BCUT2D eigenvalue weighted by Crippen LogP contribution is 2.21. The second-order valence-corrected chi connectivity index (χ2v) is 6.11. The van der Waals surface area contributed by atoms with Gasteiger partial charge in [-0.25, -0.2) is 4.98 Å². The first kappa shape index (κ1) is 15.1. The molecule has 0 aliphatic carbocycles. The highest BCUT2D eigenvalue weighted by atomic mass is 16.1. The van der Waals surface area contributed by atoms with E-state index in [1.54, 1.807) is 18.6 Å². The van der Waals surface area contributed by atoms with Gasteiger partial charge in [0.05, 0.1) is 29.8 Å². The smallest absolute Gasteiger partial charge is 0.271 e. The van der Waals surface area contributed by atoms with Crippen LogP contribution in [0.25, 0.3) is 22.3 Å². The Morgan fingerprint density at radius 2 is 2.13 bits per heavy atom. The summed E-state index contributed by atoms with van der Waals surface area (Å²) in [6.45, 7) is 4.04. The molecule has 7 nitrogen and oxygen atoms in total. The Kier molecular flexibility index (Phi) is 3.79. The molecule has 3 aromatic heterocycles. The number of hydrogen-bond acceptors (Lipinski definition) is 5. The lowest BCUT2D eigenvalue weighted by Crippen LogP contribution is -2.45. The van der Waals surface area contributed by atoms with Gasteiger partial charge in [0.25, 0.3) is 5.91 Å². The monoisotopic (exact) mass is 310 g/mol. The van der Waals surface area contributed by atoms with Crippen molar-refractivity contribution in [3.05, 3.63) is 42.6 Å². The molecule has 3 heterocycles. The van der Waals surface area contributed by atoms with Gasteiger partial charge in [-0.2, -0.15) is 0 Å². The van der Waals surface area contributed by atoms with Crippen LogP contribution < -0.4 is 11.1 Å². The zero-order chi connectivity index (χ0) is 16.4. The molecule has 1 amide bonds. The SMILES string of the molecule is CC(C)(N)CNC(=O)c1cncc(-c2cc3ccncc3[nH]2)n1. The minimum atomic E-state index is -0.481. The summed E-state index contributed by atoms with van der Waals surface area (Å²) in [5.41, 5.74) is 7.93. The van der Waals surface area contributed by atoms with E-state index >= 15 is 0 Å². The first-order valence-corrected chi connectivity index (χ1v) is 7.25. The maximum atomic E-state index is 12.2. The van der Waals surface area contributed by atoms with Gasteiger partial charge in [0, 0.05) is 23.7 Å². The number of carbonyl (C=O) groups is 1. The first-order valence-electron chi connectivity index (χ1n) is 7.25. The standard InChI is InChI=1S/C16H18N6O/c1-16(2,17)9-20-15(23)14-8-19-7-13(22-14)11-5-10-3-4-18-6-12(10)21-11/h3-8,21H,9,17H2,1-2H3,(H,20,23). The molecular weight excluding hydrogens is 292 g/mol. The van der Waals surface area contributed by atoms with E-state index in [0.29, 0.717) is 12.2 Å². The Labute approximate surface area is 133 Å². The molecule has 7 heteroatoms. The highest BCUT2D eigenvalue weighted by molar-refractivity contribution is 5.92. The van der Waals surface area contributed by atoms with Crippen molar-refractivity contribution in [3.63, 3.8) is 0 Å². The van der Waals surface area contributed by atoms with Crippen LogP contribution in [0.1, 0.15) is 24.3 Å².